The van der Waals surface area contributed by atoms with Gasteiger partial charge in [0.1, 0.15) is 11.9 Å². The number of hydrogen-bond acceptors (Lipinski definition) is 7. The molecule has 2 heterocycles. The van der Waals surface area contributed by atoms with Crippen LogP contribution in [0.3, 0.4) is 0 Å². The number of nitrogens with zero attached hydrogens (tertiary/aromatic N) is 2. The van der Waals surface area contributed by atoms with Crippen LogP contribution in [0.15, 0.2) is 58.8 Å². The van der Waals surface area contributed by atoms with Crippen LogP contribution in [0.5, 0.6) is 0 Å². The molecule has 1 amide bonds. The fourth-order valence-corrected chi connectivity index (χ4v) is 5.96. The molecule has 11 heteroatoms. The summed E-state index contributed by atoms with van der Waals surface area (Å²) in [5.74, 6) is -1.45. The van der Waals surface area contributed by atoms with Gasteiger partial charge in [0.25, 0.3) is 0 Å². The van der Waals surface area contributed by atoms with Gasteiger partial charge in [-0.2, -0.15) is 4.31 Å². The third-order valence-corrected chi connectivity index (χ3v) is 7.94. The molecule has 33 heavy (non-hydrogen) atoms. The second kappa shape index (κ2) is 9.38. The summed E-state index contributed by atoms with van der Waals surface area (Å²) in [6.45, 7) is 0.202. The van der Waals surface area contributed by atoms with E-state index in [2.05, 4.69) is 15.0 Å². The lowest BCUT2D eigenvalue weighted by molar-refractivity contribution is -0.119. The van der Waals surface area contributed by atoms with Crippen molar-refractivity contribution in [3.8, 4) is 11.3 Å². The van der Waals surface area contributed by atoms with Crippen LogP contribution in [0, 0.1) is 5.82 Å². The Hall–Kier alpha value is -3.15. The van der Waals surface area contributed by atoms with Crippen molar-refractivity contribution in [1.82, 2.24) is 9.29 Å². The summed E-state index contributed by atoms with van der Waals surface area (Å²) in [5.41, 5.74) is 1.77. The van der Waals surface area contributed by atoms with Crippen LogP contribution in [0.1, 0.15) is 23.2 Å². The molecule has 0 bridgehead atoms. The van der Waals surface area contributed by atoms with Gasteiger partial charge in [0.2, 0.25) is 15.9 Å². The molecule has 1 fully saturated rings. The van der Waals surface area contributed by atoms with Crippen molar-refractivity contribution in [2.75, 3.05) is 19.0 Å². The average Bonchev–Trinajstić information content (AvgIpc) is 3.49. The van der Waals surface area contributed by atoms with E-state index >= 15 is 0 Å². The van der Waals surface area contributed by atoms with Crippen molar-refractivity contribution in [2.24, 2.45) is 0 Å². The Morgan fingerprint density at radius 3 is 2.52 bits per heavy atom. The molecule has 4 rings (SSSR count). The second-order valence-corrected chi connectivity index (χ2v) is 10.1. The molecular weight excluding hydrogens is 469 g/mol. The molecule has 1 aliphatic heterocycles. The summed E-state index contributed by atoms with van der Waals surface area (Å²) in [5, 5.41) is 4.79. The van der Waals surface area contributed by atoms with Gasteiger partial charge in [-0.25, -0.2) is 22.6 Å². The van der Waals surface area contributed by atoms with E-state index in [-0.39, 0.29) is 11.4 Å². The third kappa shape index (κ3) is 4.80. The lowest BCUT2D eigenvalue weighted by Crippen LogP contribution is -2.43. The lowest BCUT2D eigenvalue weighted by Gasteiger charge is -2.23. The van der Waals surface area contributed by atoms with Crippen molar-refractivity contribution < 1.29 is 27.1 Å². The molecule has 1 atom stereocenters. The van der Waals surface area contributed by atoms with Gasteiger partial charge in [-0.15, -0.1) is 11.3 Å². The number of esters is 1. The maximum absolute atomic E-state index is 13.2. The van der Waals surface area contributed by atoms with Crippen molar-refractivity contribution in [2.45, 2.75) is 23.8 Å². The predicted octanol–water partition coefficient (Wildman–Crippen LogP) is 3.53. The van der Waals surface area contributed by atoms with Gasteiger partial charge >= 0.3 is 5.97 Å². The van der Waals surface area contributed by atoms with Crippen molar-refractivity contribution in [3.05, 3.63) is 65.3 Å². The topological polar surface area (TPSA) is 106 Å². The number of thiazole rings is 1. The lowest BCUT2D eigenvalue weighted by atomic mass is 10.1. The largest absolute Gasteiger partial charge is 0.465 e. The molecule has 0 spiro atoms. The van der Waals surface area contributed by atoms with Gasteiger partial charge in [0.05, 0.1) is 23.3 Å². The fraction of sp³-hybridized carbons (Fsp3) is 0.227. The number of benzene rings is 2. The maximum atomic E-state index is 13.2. The van der Waals surface area contributed by atoms with Crippen LogP contribution in [0.2, 0.25) is 0 Å². The highest BCUT2D eigenvalue weighted by molar-refractivity contribution is 7.89. The molecule has 1 unspecified atom stereocenters. The molecule has 0 aliphatic carbocycles. The van der Waals surface area contributed by atoms with Crippen molar-refractivity contribution in [3.63, 3.8) is 0 Å². The van der Waals surface area contributed by atoms with Gasteiger partial charge in [-0.1, -0.05) is 12.1 Å². The van der Waals surface area contributed by atoms with E-state index in [0.717, 1.165) is 22.0 Å². The molecule has 1 aliphatic rings. The minimum Gasteiger partial charge on any atom is -0.465 e. The van der Waals surface area contributed by atoms with Crippen LogP contribution >= 0.6 is 11.3 Å². The fourth-order valence-electron chi connectivity index (χ4n) is 3.58. The quantitative estimate of drug-likeness (QED) is 0.531. The number of methoxy groups -OCH3 is 1. The zero-order chi connectivity index (χ0) is 23.6. The maximum Gasteiger partial charge on any atom is 0.337 e. The molecule has 1 saturated heterocycles. The number of hydrogen-bond donors (Lipinski definition) is 1. The first-order valence-corrected chi connectivity index (χ1v) is 12.3. The van der Waals surface area contributed by atoms with Gasteiger partial charge in [0.15, 0.2) is 5.13 Å². The Morgan fingerprint density at radius 2 is 1.85 bits per heavy atom. The second-order valence-electron chi connectivity index (χ2n) is 7.32. The first-order valence-electron chi connectivity index (χ1n) is 10.0. The Balaban J connectivity index is 1.47. The Bertz CT molecular complexity index is 1270. The SMILES string of the molecule is COC(=O)c1ccc(-c2csc(NC(=O)C3CCCN3S(=O)(=O)c3ccc(F)cc3)n2)cc1. The number of aromatic nitrogens is 1. The minimum atomic E-state index is -3.94. The molecule has 2 aromatic carbocycles. The Morgan fingerprint density at radius 1 is 1.15 bits per heavy atom. The number of amides is 1. The molecule has 1 aromatic heterocycles. The van der Waals surface area contributed by atoms with Gasteiger partial charge in [-0.05, 0) is 49.2 Å². The monoisotopic (exact) mass is 489 g/mol. The summed E-state index contributed by atoms with van der Waals surface area (Å²) >= 11 is 1.21. The van der Waals surface area contributed by atoms with Crippen LogP contribution < -0.4 is 5.32 Å². The van der Waals surface area contributed by atoms with E-state index in [0.29, 0.717) is 29.2 Å². The highest BCUT2D eigenvalue weighted by Crippen LogP contribution is 2.29. The van der Waals surface area contributed by atoms with Gasteiger partial charge in [-0.3, -0.25) is 4.79 Å². The molecule has 172 valence electrons. The molecule has 3 aromatic rings. The van der Waals surface area contributed by atoms with Crippen LogP contribution in [0.25, 0.3) is 11.3 Å². The first-order chi connectivity index (χ1) is 15.8. The number of rotatable bonds is 6. The molecule has 0 radical (unpaired) electrons. The van der Waals surface area contributed by atoms with E-state index < -0.39 is 33.8 Å². The number of sulfonamides is 1. The number of halogens is 1. The van der Waals surface area contributed by atoms with Crippen LogP contribution in [-0.2, 0) is 19.6 Å². The summed E-state index contributed by atoms with van der Waals surface area (Å²) < 4.78 is 45.0. The van der Waals surface area contributed by atoms with Gasteiger partial charge in [0, 0.05) is 17.5 Å². The highest BCUT2D eigenvalue weighted by atomic mass is 32.2. The molecule has 0 saturated carbocycles. The summed E-state index contributed by atoms with van der Waals surface area (Å²) in [6, 6.07) is 10.3. The van der Waals surface area contributed by atoms with Crippen molar-refractivity contribution in [1.29, 1.82) is 0 Å². The normalized spacial score (nSPS) is 16.5. The molecular formula is C22H20FN3O5S2. The number of anilines is 1. The summed E-state index contributed by atoms with van der Waals surface area (Å²) in [7, 11) is -2.63. The summed E-state index contributed by atoms with van der Waals surface area (Å²) in [6.07, 6.45) is 0.910. The van der Waals surface area contributed by atoms with E-state index in [1.54, 1.807) is 29.6 Å². The first kappa shape index (κ1) is 23.0. The average molecular weight is 490 g/mol. The van der Waals surface area contributed by atoms with Crippen LogP contribution in [-0.4, -0.2) is 49.3 Å². The zero-order valence-corrected chi connectivity index (χ0v) is 19.2. The Labute approximate surface area is 194 Å². The number of carbonyl (C=O) groups is 2. The predicted molar refractivity (Wildman–Crippen MR) is 121 cm³/mol. The molecule has 8 nitrogen and oxygen atoms in total. The van der Waals surface area contributed by atoms with E-state index in [4.69, 9.17) is 0 Å². The standard InChI is InChI=1S/C22H20FN3O5S2/c1-31-21(28)15-6-4-14(5-7-15)18-13-32-22(24-18)25-20(27)19-3-2-12-26(19)33(29,30)17-10-8-16(23)9-11-17/h4-11,13,19H,2-3,12H2,1H3,(H,24,25,27). The van der Waals surface area contributed by atoms with E-state index in [1.165, 1.54) is 30.6 Å². The van der Waals surface area contributed by atoms with Gasteiger partial charge < -0.3 is 10.1 Å². The minimum absolute atomic E-state index is 0.0597. The number of ether oxygens (including phenoxy) is 1. The highest BCUT2D eigenvalue weighted by Gasteiger charge is 2.39. The Kier molecular flexibility index (Phi) is 6.54. The zero-order valence-electron chi connectivity index (χ0n) is 17.5. The summed E-state index contributed by atoms with van der Waals surface area (Å²) in [4.78, 5) is 28.8. The molecule has 1 N–H and O–H groups in total. The van der Waals surface area contributed by atoms with E-state index in [1.807, 2.05) is 0 Å². The number of carbonyl (C=O) groups excluding carboxylic acids is 2. The smallest absolute Gasteiger partial charge is 0.337 e. The third-order valence-electron chi connectivity index (χ3n) is 5.26. The van der Waals surface area contributed by atoms with Crippen molar-refractivity contribution >= 4 is 38.4 Å². The van der Waals surface area contributed by atoms with Crippen LogP contribution in [0.4, 0.5) is 9.52 Å². The van der Waals surface area contributed by atoms with E-state index in [9.17, 15) is 22.4 Å². The number of nitrogens with one attached hydrogen (secondary N) is 1.